The maximum absolute atomic E-state index is 5.68. The van der Waals surface area contributed by atoms with Crippen molar-refractivity contribution in [2.45, 2.75) is 13.8 Å². The van der Waals surface area contributed by atoms with Crippen LogP contribution in [0.1, 0.15) is 18.1 Å². The first-order valence-corrected chi connectivity index (χ1v) is 4.30. The number of hydrogen-bond acceptors (Lipinski definition) is 2. The van der Waals surface area contributed by atoms with E-state index in [1.165, 1.54) is 5.56 Å². The van der Waals surface area contributed by atoms with Crippen molar-refractivity contribution in [2.24, 2.45) is 21.7 Å². The van der Waals surface area contributed by atoms with E-state index in [9.17, 15) is 0 Å². The molecule has 0 aromatic heterocycles. The molecule has 14 heavy (non-hydrogen) atoms. The molecule has 0 aliphatic heterocycles. The van der Waals surface area contributed by atoms with Crippen LogP contribution in [0.15, 0.2) is 34.5 Å². The van der Waals surface area contributed by atoms with Crippen molar-refractivity contribution in [1.82, 2.24) is 0 Å². The first kappa shape index (κ1) is 10.2. The highest BCUT2D eigenvalue weighted by Gasteiger charge is 1.96. The van der Waals surface area contributed by atoms with Gasteiger partial charge in [0.1, 0.15) is 5.84 Å². The number of nitrogens with zero attached hydrogens (tertiary/aromatic N) is 2. The summed E-state index contributed by atoms with van der Waals surface area (Å²) in [4.78, 5) is 0. The molecule has 0 saturated carbocycles. The van der Waals surface area contributed by atoms with Gasteiger partial charge in [-0.1, -0.05) is 29.8 Å². The van der Waals surface area contributed by atoms with Crippen LogP contribution in [-0.4, -0.2) is 11.7 Å². The first-order valence-electron chi connectivity index (χ1n) is 4.30. The van der Waals surface area contributed by atoms with Crippen molar-refractivity contribution in [2.75, 3.05) is 0 Å². The maximum Gasteiger partial charge on any atom is 0.153 e. The van der Waals surface area contributed by atoms with Gasteiger partial charge in [-0.15, -0.1) is 10.2 Å². The lowest BCUT2D eigenvalue weighted by atomic mass is 10.1. The number of benzene rings is 1. The molecule has 0 fully saturated rings. The number of amidine groups is 2. The monoisotopic (exact) mass is 190 g/mol. The number of nitrogens with two attached hydrogens (primary N) is 2. The molecular formula is C10H14N4. The van der Waals surface area contributed by atoms with Gasteiger partial charge < -0.3 is 11.5 Å². The van der Waals surface area contributed by atoms with Crippen LogP contribution in [0.4, 0.5) is 0 Å². The Hall–Kier alpha value is -1.84. The molecule has 1 aromatic carbocycles. The van der Waals surface area contributed by atoms with E-state index in [0.717, 1.165) is 5.56 Å². The molecule has 4 N–H and O–H groups in total. The van der Waals surface area contributed by atoms with E-state index in [4.69, 9.17) is 11.5 Å². The number of hydrogen-bond donors (Lipinski definition) is 2. The van der Waals surface area contributed by atoms with Crippen molar-refractivity contribution in [3.8, 4) is 0 Å². The van der Waals surface area contributed by atoms with Crippen molar-refractivity contribution >= 4 is 11.7 Å². The summed E-state index contributed by atoms with van der Waals surface area (Å²) in [5.74, 6) is 0.759. The smallest absolute Gasteiger partial charge is 0.153 e. The van der Waals surface area contributed by atoms with E-state index in [1.807, 2.05) is 31.2 Å². The normalized spacial score (nSPS) is 13.0. The largest absolute Gasteiger partial charge is 0.386 e. The Balaban J connectivity index is 2.89. The van der Waals surface area contributed by atoms with Crippen LogP contribution < -0.4 is 11.5 Å². The minimum absolute atomic E-state index is 0.370. The molecule has 0 unspecified atom stereocenters. The van der Waals surface area contributed by atoms with Crippen LogP contribution in [-0.2, 0) is 0 Å². The number of aryl methyl sites for hydroxylation is 1. The van der Waals surface area contributed by atoms with Crippen molar-refractivity contribution in [1.29, 1.82) is 0 Å². The van der Waals surface area contributed by atoms with Gasteiger partial charge in [0.2, 0.25) is 0 Å². The first-order chi connectivity index (χ1) is 6.59. The van der Waals surface area contributed by atoms with Crippen molar-refractivity contribution in [3.63, 3.8) is 0 Å². The molecule has 4 nitrogen and oxygen atoms in total. The summed E-state index contributed by atoms with van der Waals surface area (Å²) in [7, 11) is 0. The summed E-state index contributed by atoms with van der Waals surface area (Å²) >= 11 is 0. The Morgan fingerprint density at radius 3 is 2.14 bits per heavy atom. The summed E-state index contributed by atoms with van der Waals surface area (Å²) in [6.07, 6.45) is 0. The summed E-state index contributed by atoms with van der Waals surface area (Å²) in [5, 5.41) is 7.46. The Kier molecular flexibility index (Phi) is 3.23. The van der Waals surface area contributed by atoms with Crippen molar-refractivity contribution < 1.29 is 0 Å². The molecule has 0 atom stereocenters. The maximum atomic E-state index is 5.68. The SMILES string of the molecule is C/C(N)=N/N=C(\N)c1ccc(C)cc1. The average molecular weight is 190 g/mol. The lowest BCUT2D eigenvalue weighted by Crippen LogP contribution is -2.13. The third-order valence-electron chi connectivity index (χ3n) is 1.66. The van der Waals surface area contributed by atoms with E-state index in [-0.39, 0.29) is 0 Å². The fourth-order valence-electron chi connectivity index (χ4n) is 0.915. The Morgan fingerprint density at radius 1 is 1.07 bits per heavy atom. The van der Waals surface area contributed by atoms with Crippen LogP contribution in [0.25, 0.3) is 0 Å². The summed E-state index contributed by atoms with van der Waals surface area (Å²) in [5.41, 5.74) is 13.0. The van der Waals surface area contributed by atoms with Gasteiger partial charge in [-0.25, -0.2) is 0 Å². The summed E-state index contributed by atoms with van der Waals surface area (Å²) in [6.45, 7) is 3.67. The van der Waals surface area contributed by atoms with Gasteiger partial charge >= 0.3 is 0 Å². The minimum atomic E-state index is 0.370. The van der Waals surface area contributed by atoms with E-state index in [2.05, 4.69) is 10.2 Å². The summed E-state index contributed by atoms with van der Waals surface area (Å²) < 4.78 is 0. The minimum Gasteiger partial charge on any atom is -0.386 e. The highest BCUT2D eigenvalue weighted by molar-refractivity contribution is 5.97. The zero-order valence-corrected chi connectivity index (χ0v) is 8.36. The molecule has 4 heteroatoms. The third kappa shape index (κ3) is 2.90. The predicted molar refractivity (Wildman–Crippen MR) is 59.2 cm³/mol. The van der Waals surface area contributed by atoms with E-state index >= 15 is 0 Å². The van der Waals surface area contributed by atoms with Gasteiger partial charge in [0, 0.05) is 5.56 Å². The van der Waals surface area contributed by atoms with Gasteiger partial charge in [-0.05, 0) is 13.8 Å². The van der Waals surface area contributed by atoms with E-state index in [1.54, 1.807) is 6.92 Å². The lowest BCUT2D eigenvalue weighted by Gasteiger charge is -1.98. The van der Waals surface area contributed by atoms with Gasteiger partial charge in [0.05, 0.1) is 0 Å². The fourth-order valence-corrected chi connectivity index (χ4v) is 0.915. The molecule has 1 rings (SSSR count). The molecule has 0 spiro atoms. The average Bonchev–Trinajstić information content (AvgIpc) is 2.15. The third-order valence-corrected chi connectivity index (χ3v) is 1.66. The molecule has 74 valence electrons. The quantitative estimate of drug-likeness (QED) is 0.414. The molecule has 0 aliphatic rings. The molecule has 0 saturated heterocycles. The zero-order valence-electron chi connectivity index (χ0n) is 8.36. The lowest BCUT2D eigenvalue weighted by molar-refractivity contribution is 1.20. The second-order valence-electron chi connectivity index (χ2n) is 3.09. The van der Waals surface area contributed by atoms with Crippen LogP contribution in [0.3, 0.4) is 0 Å². The van der Waals surface area contributed by atoms with Gasteiger partial charge in [-0.2, -0.15) is 0 Å². The molecule has 0 radical (unpaired) electrons. The highest BCUT2D eigenvalue weighted by atomic mass is 15.2. The topological polar surface area (TPSA) is 76.8 Å². The van der Waals surface area contributed by atoms with Crippen LogP contribution in [0.5, 0.6) is 0 Å². The van der Waals surface area contributed by atoms with Gasteiger partial charge in [-0.3, -0.25) is 0 Å². The van der Waals surface area contributed by atoms with Crippen LogP contribution in [0, 0.1) is 6.92 Å². The van der Waals surface area contributed by atoms with Crippen LogP contribution >= 0.6 is 0 Å². The fraction of sp³-hybridized carbons (Fsp3) is 0.200. The molecule has 0 heterocycles. The van der Waals surface area contributed by atoms with E-state index in [0.29, 0.717) is 11.7 Å². The highest BCUT2D eigenvalue weighted by Crippen LogP contribution is 2.02. The van der Waals surface area contributed by atoms with Gasteiger partial charge in [0.15, 0.2) is 5.84 Å². The molecule has 0 bridgehead atoms. The summed E-state index contributed by atoms with van der Waals surface area (Å²) in [6, 6.07) is 7.73. The van der Waals surface area contributed by atoms with E-state index < -0.39 is 0 Å². The molecule has 0 aliphatic carbocycles. The predicted octanol–water partition coefficient (Wildman–Crippen LogP) is 0.992. The molecule has 0 amide bonds. The molecule has 1 aromatic rings. The Labute approximate surface area is 83.3 Å². The Bertz CT molecular complexity index is 358. The standard InChI is InChI=1S/C10H14N4/c1-7-3-5-9(6-4-7)10(12)14-13-8(2)11/h3-6H,1-2H3,(H2,11,13)(H2,12,14). The van der Waals surface area contributed by atoms with Crippen molar-refractivity contribution in [3.05, 3.63) is 35.4 Å². The number of rotatable bonds is 2. The second-order valence-corrected chi connectivity index (χ2v) is 3.09. The second kappa shape index (κ2) is 4.41. The molecular weight excluding hydrogens is 176 g/mol. The Morgan fingerprint density at radius 2 is 1.64 bits per heavy atom. The van der Waals surface area contributed by atoms with Gasteiger partial charge in [0.25, 0.3) is 0 Å². The van der Waals surface area contributed by atoms with Crippen LogP contribution in [0.2, 0.25) is 0 Å². The zero-order chi connectivity index (χ0) is 10.6.